The third-order valence-electron chi connectivity index (χ3n) is 3.12. The first-order valence-corrected chi connectivity index (χ1v) is 7.34. The molecule has 0 aliphatic carbocycles. The Morgan fingerprint density at radius 2 is 2.00 bits per heavy atom. The molecule has 0 radical (unpaired) electrons. The normalized spacial score (nSPS) is 19.5. The van der Waals surface area contributed by atoms with Crippen LogP contribution >= 0.6 is 11.8 Å². The first-order valence-electron chi connectivity index (χ1n) is 6.46. The molecule has 2 amide bonds. The van der Waals surface area contributed by atoms with Gasteiger partial charge in [-0.1, -0.05) is 11.8 Å². The summed E-state index contributed by atoms with van der Waals surface area (Å²) >= 11 is 1.26. The number of carbonyl (C=O) groups excluding carboxylic acids is 2. The number of nitrogens with zero attached hydrogens (tertiary/aromatic N) is 2. The van der Waals surface area contributed by atoms with Gasteiger partial charge in [-0.3, -0.25) is 19.5 Å². The van der Waals surface area contributed by atoms with Crippen LogP contribution in [0, 0.1) is 0 Å². The second kappa shape index (κ2) is 6.61. The number of aromatic carboxylic acids is 1. The molecule has 116 valence electrons. The fraction of sp³-hybridized carbons (Fsp3) is 0.286. The van der Waals surface area contributed by atoms with Gasteiger partial charge in [-0.05, 0) is 24.3 Å². The van der Waals surface area contributed by atoms with E-state index in [4.69, 9.17) is 5.11 Å². The number of carboxylic acid groups (broad SMARTS) is 1. The van der Waals surface area contributed by atoms with Gasteiger partial charge in [-0.15, -0.1) is 0 Å². The molecule has 1 aromatic carbocycles. The summed E-state index contributed by atoms with van der Waals surface area (Å²) in [5.41, 5.74) is 0.633. The van der Waals surface area contributed by atoms with E-state index in [-0.39, 0.29) is 23.8 Å². The summed E-state index contributed by atoms with van der Waals surface area (Å²) in [6.45, 7) is 0. The van der Waals surface area contributed by atoms with E-state index in [0.717, 1.165) is 0 Å². The first kappa shape index (κ1) is 16.0. The van der Waals surface area contributed by atoms with Crippen LogP contribution < -0.4 is 5.32 Å². The molecule has 0 unspecified atom stereocenters. The molecule has 1 heterocycles. The summed E-state index contributed by atoms with van der Waals surface area (Å²) < 4.78 is 0. The maximum absolute atomic E-state index is 12.0. The van der Waals surface area contributed by atoms with Crippen molar-refractivity contribution in [1.29, 1.82) is 0 Å². The molecule has 7 nitrogen and oxygen atoms in total. The van der Waals surface area contributed by atoms with E-state index in [1.807, 2.05) is 0 Å². The van der Waals surface area contributed by atoms with E-state index < -0.39 is 11.2 Å². The Morgan fingerprint density at radius 3 is 2.50 bits per heavy atom. The largest absolute Gasteiger partial charge is 0.478 e. The average molecular weight is 321 g/mol. The molecule has 1 saturated heterocycles. The van der Waals surface area contributed by atoms with Crippen molar-refractivity contribution in [2.24, 2.45) is 4.99 Å². The molecular formula is C14H15N3O4S. The molecule has 1 atom stereocenters. The van der Waals surface area contributed by atoms with Gasteiger partial charge in [0.05, 0.1) is 5.56 Å². The van der Waals surface area contributed by atoms with Crippen LogP contribution in [0.4, 0.5) is 5.69 Å². The van der Waals surface area contributed by atoms with Gasteiger partial charge in [-0.2, -0.15) is 0 Å². The molecule has 0 saturated carbocycles. The van der Waals surface area contributed by atoms with Crippen LogP contribution in [0.15, 0.2) is 29.3 Å². The van der Waals surface area contributed by atoms with Crippen molar-refractivity contribution in [2.75, 3.05) is 19.4 Å². The average Bonchev–Trinajstić information content (AvgIpc) is 2.75. The van der Waals surface area contributed by atoms with E-state index in [1.165, 1.54) is 40.9 Å². The molecular weight excluding hydrogens is 306 g/mol. The predicted molar refractivity (Wildman–Crippen MR) is 84.2 cm³/mol. The fourth-order valence-corrected chi connectivity index (χ4v) is 3.08. The number of nitrogens with one attached hydrogen (secondary N) is 1. The monoisotopic (exact) mass is 321 g/mol. The van der Waals surface area contributed by atoms with Gasteiger partial charge < -0.3 is 10.4 Å². The number of hydrogen-bond donors (Lipinski definition) is 2. The number of benzene rings is 1. The molecule has 0 bridgehead atoms. The number of amidine groups is 1. The van der Waals surface area contributed by atoms with Gasteiger partial charge in [0.25, 0.3) is 0 Å². The summed E-state index contributed by atoms with van der Waals surface area (Å²) in [6, 6.07) is 5.83. The molecule has 1 aromatic rings. The summed E-state index contributed by atoms with van der Waals surface area (Å²) in [7, 11) is 3.22. The van der Waals surface area contributed by atoms with Crippen LogP contribution in [0.2, 0.25) is 0 Å². The number of thioether (sulfide) groups is 1. The van der Waals surface area contributed by atoms with Crippen LogP contribution in [0.3, 0.4) is 0 Å². The molecule has 1 aliphatic heterocycles. The van der Waals surface area contributed by atoms with Gasteiger partial charge in [0.15, 0.2) is 5.17 Å². The van der Waals surface area contributed by atoms with Crippen molar-refractivity contribution >= 4 is 40.4 Å². The Hall–Kier alpha value is -2.35. The zero-order valence-electron chi connectivity index (χ0n) is 12.1. The third-order valence-corrected chi connectivity index (χ3v) is 4.44. The highest BCUT2D eigenvalue weighted by Gasteiger charge is 2.36. The van der Waals surface area contributed by atoms with E-state index in [0.29, 0.717) is 10.9 Å². The van der Waals surface area contributed by atoms with Crippen LogP contribution in [-0.4, -0.2) is 52.3 Å². The van der Waals surface area contributed by atoms with Gasteiger partial charge in [-0.25, -0.2) is 4.79 Å². The lowest BCUT2D eigenvalue weighted by molar-refractivity contribution is -0.127. The second-order valence-electron chi connectivity index (χ2n) is 4.64. The van der Waals surface area contributed by atoms with Crippen molar-refractivity contribution in [3.63, 3.8) is 0 Å². The highest BCUT2D eigenvalue weighted by molar-refractivity contribution is 8.15. The minimum Gasteiger partial charge on any atom is -0.478 e. The van der Waals surface area contributed by atoms with Gasteiger partial charge in [0.2, 0.25) is 11.8 Å². The highest BCUT2D eigenvalue weighted by atomic mass is 32.2. The molecule has 1 aliphatic rings. The van der Waals surface area contributed by atoms with Crippen molar-refractivity contribution in [1.82, 2.24) is 4.90 Å². The number of amides is 2. The zero-order valence-corrected chi connectivity index (χ0v) is 12.9. The van der Waals surface area contributed by atoms with E-state index in [1.54, 1.807) is 14.1 Å². The van der Waals surface area contributed by atoms with E-state index in [2.05, 4.69) is 10.3 Å². The topological polar surface area (TPSA) is 99.1 Å². The molecule has 0 spiro atoms. The van der Waals surface area contributed by atoms with Crippen molar-refractivity contribution in [3.05, 3.63) is 29.8 Å². The number of carbonyl (C=O) groups is 3. The lowest BCUT2D eigenvalue weighted by Gasteiger charge is -2.09. The second-order valence-corrected chi connectivity index (χ2v) is 5.81. The molecule has 2 N–H and O–H groups in total. The molecule has 1 fully saturated rings. The number of carboxylic acids is 1. The number of aliphatic imine (C=N–C) groups is 1. The van der Waals surface area contributed by atoms with E-state index >= 15 is 0 Å². The predicted octanol–water partition coefficient (Wildman–Crippen LogP) is 1.27. The maximum Gasteiger partial charge on any atom is 0.335 e. The lowest BCUT2D eigenvalue weighted by atomic mass is 10.2. The molecule has 2 rings (SSSR count). The highest BCUT2D eigenvalue weighted by Crippen LogP contribution is 2.28. The first-order chi connectivity index (χ1) is 10.4. The Morgan fingerprint density at radius 1 is 1.36 bits per heavy atom. The van der Waals surface area contributed by atoms with Crippen molar-refractivity contribution < 1.29 is 19.5 Å². The van der Waals surface area contributed by atoms with Crippen molar-refractivity contribution in [3.8, 4) is 0 Å². The summed E-state index contributed by atoms with van der Waals surface area (Å²) in [5, 5.41) is 11.6. The third kappa shape index (κ3) is 3.45. The SMILES string of the molecule is CN=C1S[C@@H](CC(=O)Nc2ccc(C(=O)O)cc2)C(=O)N1C. The van der Waals surface area contributed by atoms with Gasteiger partial charge in [0, 0.05) is 26.2 Å². The molecule has 0 aromatic heterocycles. The number of rotatable bonds is 4. The quantitative estimate of drug-likeness (QED) is 0.870. The van der Waals surface area contributed by atoms with Gasteiger partial charge >= 0.3 is 5.97 Å². The zero-order chi connectivity index (χ0) is 16.3. The minimum atomic E-state index is -1.03. The lowest BCUT2D eigenvalue weighted by Crippen LogP contribution is -2.30. The standard InChI is InChI=1S/C14H15N3O4S/c1-15-14-17(2)12(19)10(22-14)7-11(18)16-9-5-3-8(4-6-9)13(20)21/h3-6,10H,7H2,1-2H3,(H,16,18)(H,20,21)/t10-/m0/s1. The number of hydrogen-bond acceptors (Lipinski definition) is 5. The fourth-order valence-electron chi connectivity index (χ4n) is 1.98. The Labute approximate surface area is 131 Å². The van der Waals surface area contributed by atoms with Crippen LogP contribution in [0.1, 0.15) is 16.8 Å². The van der Waals surface area contributed by atoms with Gasteiger partial charge in [0.1, 0.15) is 5.25 Å². The van der Waals surface area contributed by atoms with Crippen LogP contribution in [-0.2, 0) is 9.59 Å². The van der Waals surface area contributed by atoms with Crippen LogP contribution in [0.25, 0.3) is 0 Å². The van der Waals surface area contributed by atoms with E-state index in [9.17, 15) is 14.4 Å². The minimum absolute atomic E-state index is 0.0353. The Bertz CT molecular complexity index is 642. The summed E-state index contributed by atoms with van der Waals surface area (Å²) in [6.07, 6.45) is 0.0353. The van der Waals surface area contributed by atoms with Crippen molar-refractivity contribution in [2.45, 2.75) is 11.7 Å². The van der Waals surface area contributed by atoms with Crippen LogP contribution in [0.5, 0.6) is 0 Å². The smallest absolute Gasteiger partial charge is 0.335 e. The maximum atomic E-state index is 12.0. The molecule has 22 heavy (non-hydrogen) atoms. The Balaban J connectivity index is 1.96. The number of anilines is 1. The molecule has 8 heteroatoms. The Kier molecular flexibility index (Phi) is 4.81. The summed E-state index contributed by atoms with van der Waals surface area (Å²) in [5.74, 6) is -1.48. The summed E-state index contributed by atoms with van der Waals surface area (Å²) in [4.78, 5) is 40.1.